The zero-order chi connectivity index (χ0) is 35.9. The molecule has 0 fully saturated rings. The van der Waals surface area contributed by atoms with Gasteiger partial charge in [0, 0.05) is 49.3 Å². The highest BCUT2D eigenvalue weighted by Gasteiger charge is 2.22. The van der Waals surface area contributed by atoms with Crippen LogP contribution >= 0.6 is 11.6 Å². The minimum Gasteiger partial charge on any atom is -0.493 e. The molecule has 0 N–H and O–H groups in total. The monoisotopic (exact) mass is 706 g/mol. The van der Waals surface area contributed by atoms with Crippen LogP contribution in [0.4, 0.5) is 0 Å². The van der Waals surface area contributed by atoms with Gasteiger partial charge in [-0.15, -0.1) is 0 Å². The van der Waals surface area contributed by atoms with Crippen molar-refractivity contribution in [2.24, 2.45) is 0 Å². The number of unbranched alkanes of at least 4 members (excludes halogenated alkanes) is 1. The number of imidazole rings is 1. The molecule has 0 aliphatic carbocycles. The summed E-state index contributed by atoms with van der Waals surface area (Å²) >= 11 is 6.08. The fourth-order valence-electron chi connectivity index (χ4n) is 6.03. The first-order valence-electron chi connectivity index (χ1n) is 18.7. The summed E-state index contributed by atoms with van der Waals surface area (Å²) in [5, 5.41) is 0.736. The highest BCUT2D eigenvalue weighted by atomic mass is 35.5. The van der Waals surface area contributed by atoms with Crippen LogP contribution in [-0.2, 0) is 13.0 Å². The maximum Gasteiger partial charge on any atom is 0.150 e. The van der Waals surface area contributed by atoms with Crippen molar-refractivity contribution in [2.75, 3.05) is 59.1 Å². The standard InChI is InChI=1S/C41H59ClN4O4/c1-8-13-23-46-37-28-35(50-31(6)7)30-39(48-25-14-22-44(9-2)10-3)40(37)43-41(46)36-20-19-34(29-38(36)49-27-24-45(11-4)12-5)47-26-21-32-15-17-33(42)18-16-32/h15-20,28-31H,8-14,21-27H2,1-7H3. The zero-order valence-electron chi connectivity index (χ0n) is 31.5. The van der Waals surface area contributed by atoms with E-state index < -0.39 is 0 Å². The molecule has 4 aromatic rings. The number of aromatic nitrogens is 2. The minimum atomic E-state index is 0.0347. The molecule has 8 nitrogen and oxygen atoms in total. The molecule has 274 valence electrons. The number of hydrogen-bond donors (Lipinski definition) is 0. The van der Waals surface area contributed by atoms with E-state index in [1.54, 1.807) is 0 Å². The second-order valence-electron chi connectivity index (χ2n) is 12.9. The predicted octanol–water partition coefficient (Wildman–Crippen LogP) is 9.40. The lowest BCUT2D eigenvalue weighted by Gasteiger charge is -2.20. The van der Waals surface area contributed by atoms with Crippen LogP contribution in [0.25, 0.3) is 22.4 Å². The summed E-state index contributed by atoms with van der Waals surface area (Å²) in [5.41, 5.74) is 3.95. The van der Waals surface area contributed by atoms with Crippen LogP contribution in [-0.4, -0.2) is 84.5 Å². The van der Waals surface area contributed by atoms with Gasteiger partial charge in [-0.1, -0.05) is 64.8 Å². The first-order valence-corrected chi connectivity index (χ1v) is 19.1. The van der Waals surface area contributed by atoms with Gasteiger partial charge in [-0.2, -0.15) is 0 Å². The Morgan fingerprint density at radius 2 is 1.40 bits per heavy atom. The smallest absolute Gasteiger partial charge is 0.150 e. The zero-order valence-corrected chi connectivity index (χ0v) is 32.2. The van der Waals surface area contributed by atoms with Crippen molar-refractivity contribution in [3.8, 4) is 34.4 Å². The molecule has 0 aliphatic heterocycles. The van der Waals surface area contributed by atoms with Gasteiger partial charge in [0.25, 0.3) is 0 Å². The van der Waals surface area contributed by atoms with Crippen molar-refractivity contribution in [2.45, 2.75) is 86.8 Å². The number of nitrogens with zero attached hydrogens (tertiary/aromatic N) is 4. The van der Waals surface area contributed by atoms with Crippen molar-refractivity contribution in [1.29, 1.82) is 0 Å². The van der Waals surface area contributed by atoms with Gasteiger partial charge in [0.2, 0.25) is 0 Å². The molecule has 1 aromatic heterocycles. The molecule has 1 heterocycles. The quantitative estimate of drug-likeness (QED) is 0.0713. The second kappa shape index (κ2) is 20.4. The molecule has 3 aromatic carbocycles. The molecule has 0 atom stereocenters. The summed E-state index contributed by atoms with van der Waals surface area (Å²) in [6.07, 6.45) is 3.82. The Bertz CT molecular complexity index is 1580. The molecular weight excluding hydrogens is 648 g/mol. The molecule has 50 heavy (non-hydrogen) atoms. The SMILES string of the molecule is CCCCn1c(-c2ccc(OCCc3ccc(Cl)cc3)cc2OCCN(CC)CC)nc2c(OCCCN(CC)CC)cc(OC(C)C)cc21. The van der Waals surface area contributed by atoms with Gasteiger partial charge in [0.1, 0.15) is 35.2 Å². The molecule has 0 unspecified atom stereocenters. The van der Waals surface area contributed by atoms with E-state index in [9.17, 15) is 0 Å². The Labute approximate surface area is 305 Å². The van der Waals surface area contributed by atoms with E-state index in [0.29, 0.717) is 19.8 Å². The van der Waals surface area contributed by atoms with Crippen LogP contribution in [0.15, 0.2) is 54.6 Å². The molecular formula is C41H59ClN4O4. The Morgan fingerprint density at radius 1 is 0.720 bits per heavy atom. The molecule has 0 amide bonds. The summed E-state index contributed by atoms with van der Waals surface area (Å²) in [7, 11) is 0. The van der Waals surface area contributed by atoms with Gasteiger partial charge < -0.3 is 33.3 Å². The maximum absolute atomic E-state index is 6.58. The predicted molar refractivity (Wildman–Crippen MR) is 208 cm³/mol. The molecule has 4 rings (SSSR count). The highest BCUT2D eigenvalue weighted by Crippen LogP contribution is 2.39. The van der Waals surface area contributed by atoms with E-state index in [2.05, 4.69) is 75.0 Å². The Kier molecular flexibility index (Phi) is 16.0. The lowest BCUT2D eigenvalue weighted by molar-refractivity contribution is 0.222. The second-order valence-corrected chi connectivity index (χ2v) is 13.3. The first kappa shape index (κ1) is 39.3. The van der Waals surface area contributed by atoms with Gasteiger partial charge in [-0.25, -0.2) is 4.98 Å². The first-order chi connectivity index (χ1) is 24.3. The largest absolute Gasteiger partial charge is 0.493 e. The van der Waals surface area contributed by atoms with Gasteiger partial charge in [-0.3, -0.25) is 0 Å². The Balaban J connectivity index is 1.72. The summed E-state index contributed by atoms with van der Waals surface area (Å²) in [6.45, 7) is 23.5. The lowest BCUT2D eigenvalue weighted by atomic mass is 10.1. The summed E-state index contributed by atoms with van der Waals surface area (Å²) < 4.78 is 27.9. The van der Waals surface area contributed by atoms with Gasteiger partial charge in [0.15, 0.2) is 5.75 Å². The lowest BCUT2D eigenvalue weighted by Crippen LogP contribution is -2.28. The number of benzene rings is 3. The van der Waals surface area contributed by atoms with Gasteiger partial charge in [-0.05, 0) is 82.7 Å². The van der Waals surface area contributed by atoms with Gasteiger partial charge >= 0.3 is 0 Å². The van der Waals surface area contributed by atoms with E-state index in [-0.39, 0.29) is 6.10 Å². The average molecular weight is 707 g/mol. The molecule has 9 heteroatoms. The van der Waals surface area contributed by atoms with Gasteiger partial charge in [0.05, 0.1) is 30.4 Å². The third kappa shape index (κ3) is 11.3. The van der Waals surface area contributed by atoms with Crippen molar-refractivity contribution in [1.82, 2.24) is 19.4 Å². The maximum atomic E-state index is 6.58. The van der Waals surface area contributed by atoms with Crippen molar-refractivity contribution >= 4 is 22.6 Å². The third-order valence-corrected chi connectivity index (χ3v) is 9.25. The fraction of sp³-hybridized carbons (Fsp3) is 0.537. The number of aryl methyl sites for hydroxylation is 1. The van der Waals surface area contributed by atoms with E-state index >= 15 is 0 Å². The number of fused-ring (bicyclic) bond motifs is 1. The molecule has 0 bridgehead atoms. The fourth-order valence-corrected chi connectivity index (χ4v) is 6.16. The average Bonchev–Trinajstić information content (AvgIpc) is 3.48. The van der Waals surface area contributed by atoms with Crippen LogP contribution in [0.2, 0.25) is 5.02 Å². The van der Waals surface area contributed by atoms with Crippen molar-refractivity contribution in [3.05, 3.63) is 65.2 Å². The van der Waals surface area contributed by atoms with Crippen molar-refractivity contribution < 1.29 is 18.9 Å². The number of halogens is 1. The minimum absolute atomic E-state index is 0.0347. The summed E-state index contributed by atoms with van der Waals surface area (Å²) in [6, 6.07) is 18.1. The molecule has 0 spiro atoms. The normalized spacial score (nSPS) is 11.7. The summed E-state index contributed by atoms with van der Waals surface area (Å²) in [4.78, 5) is 10.1. The van der Waals surface area contributed by atoms with Crippen LogP contribution < -0.4 is 18.9 Å². The molecule has 0 saturated heterocycles. The third-order valence-electron chi connectivity index (χ3n) is 9.00. The molecule has 0 saturated carbocycles. The molecule has 0 radical (unpaired) electrons. The van der Waals surface area contributed by atoms with Crippen LogP contribution in [0, 0.1) is 0 Å². The van der Waals surface area contributed by atoms with E-state index in [1.165, 1.54) is 5.56 Å². The number of rotatable bonds is 23. The van der Waals surface area contributed by atoms with Crippen molar-refractivity contribution in [3.63, 3.8) is 0 Å². The highest BCUT2D eigenvalue weighted by molar-refractivity contribution is 6.30. The summed E-state index contributed by atoms with van der Waals surface area (Å²) in [5.74, 6) is 3.92. The van der Waals surface area contributed by atoms with Crippen LogP contribution in [0.3, 0.4) is 0 Å². The Hall–Kier alpha value is -3.46. The van der Waals surface area contributed by atoms with E-state index in [4.69, 9.17) is 35.5 Å². The number of ether oxygens (including phenoxy) is 4. The van der Waals surface area contributed by atoms with E-state index in [0.717, 1.165) is 122 Å². The number of hydrogen-bond acceptors (Lipinski definition) is 7. The Morgan fingerprint density at radius 3 is 2.08 bits per heavy atom. The molecule has 0 aliphatic rings. The topological polar surface area (TPSA) is 61.2 Å². The van der Waals surface area contributed by atoms with E-state index in [1.807, 2.05) is 42.5 Å². The van der Waals surface area contributed by atoms with Crippen LogP contribution in [0.5, 0.6) is 23.0 Å². The van der Waals surface area contributed by atoms with Crippen LogP contribution in [0.1, 0.15) is 73.3 Å². The number of likely N-dealkylation sites (N-methyl/N-ethyl adjacent to an activating group) is 1.